The van der Waals surface area contributed by atoms with Crippen molar-refractivity contribution < 1.29 is 19.0 Å². The molecule has 152 valence electrons. The van der Waals surface area contributed by atoms with E-state index in [2.05, 4.69) is 19.2 Å². The molecule has 1 aromatic carbocycles. The maximum Gasteiger partial charge on any atom is 0.249 e. The monoisotopic (exact) mass is 377 g/mol. The van der Waals surface area contributed by atoms with Crippen molar-refractivity contribution in [2.24, 2.45) is 5.92 Å². The quantitative estimate of drug-likeness (QED) is 0.645. The molecule has 1 fully saturated rings. The largest absolute Gasteiger partial charge is 0.493 e. The average Bonchev–Trinajstić information content (AvgIpc) is 3.17. The average molecular weight is 378 g/mol. The van der Waals surface area contributed by atoms with Gasteiger partial charge in [-0.25, -0.2) is 0 Å². The van der Waals surface area contributed by atoms with Crippen LogP contribution in [0.3, 0.4) is 0 Å². The molecule has 0 aromatic heterocycles. The molecule has 0 aliphatic heterocycles. The van der Waals surface area contributed by atoms with Gasteiger partial charge in [0.1, 0.15) is 6.10 Å². The predicted molar refractivity (Wildman–Crippen MR) is 107 cm³/mol. The minimum Gasteiger partial charge on any atom is -0.493 e. The Hall–Kier alpha value is -1.75. The Labute approximate surface area is 163 Å². The van der Waals surface area contributed by atoms with Crippen LogP contribution in [-0.4, -0.2) is 31.8 Å². The van der Waals surface area contributed by atoms with E-state index < -0.39 is 0 Å². The summed E-state index contributed by atoms with van der Waals surface area (Å²) < 4.78 is 17.3. The predicted octanol–water partition coefficient (Wildman–Crippen LogP) is 4.65. The first kappa shape index (κ1) is 21.5. The van der Waals surface area contributed by atoms with Gasteiger partial charge in [-0.15, -0.1) is 0 Å². The van der Waals surface area contributed by atoms with Crippen LogP contribution in [-0.2, 0) is 9.53 Å². The molecule has 2 unspecified atom stereocenters. The smallest absolute Gasteiger partial charge is 0.249 e. The normalized spacial score (nSPS) is 17.0. The fourth-order valence-corrected chi connectivity index (χ4v) is 3.32. The number of ether oxygens (including phenoxy) is 3. The number of nitrogens with one attached hydrogen (secondary N) is 1. The molecule has 1 saturated carbocycles. The molecule has 0 heterocycles. The third-order valence-corrected chi connectivity index (χ3v) is 4.94. The molecule has 1 N–H and O–H groups in total. The molecule has 27 heavy (non-hydrogen) atoms. The second-order valence-corrected chi connectivity index (χ2v) is 7.78. The van der Waals surface area contributed by atoms with Crippen LogP contribution >= 0.6 is 0 Å². The Morgan fingerprint density at radius 3 is 2.48 bits per heavy atom. The first-order valence-electron chi connectivity index (χ1n) is 10.2. The Kier molecular flexibility index (Phi) is 8.42. The number of carbonyl (C=O) groups is 1. The minimum atomic E-state index is -0.383. The summed E-state index contributed by atoms with van der Waals surface area (Å²) in [5.41, 5.74) is 0.979. The number of carbonyl (C=O) groups excluding carboxylic acids is 1. The van der Waals surface area contributed by atoms with Crippen LogP contribution in [0.25, 0.3) is 0 Å². The van der Waals surface area contributed by atoms with Gasteiger partial charge in [-0.05, 0) is 49.8 Å². The molecule has 1 aliphatic carbocycles. The topological polar surface area (TPSA) is 56.8 Å². The van der Waals surface area contributed by atoms with Crippen molar-refractivity contribution in [1.29, 1.82) is 0 Å². The molecule has 0 radical (unpaired) electrons. The summed E-state index contributed by atoms with van der Waals surface area (Å²) in [6.45, 7) is 8.82. The summed E-state index contributed by atoms with van der Waals surface area (Å²) in [7, 11) is 1.63. The van der Waals surface area contributed by atoms with E-state index in [1.165, 1.54) is 12.8 Å². The van der Waals surface area contributed by atoms with Crippen LogP contribution in [0.5, 0.6) is 11.5 Å². The number of rotatable bonds is 10. The van der Waals surface area contributed by atoms with Crippen LogP contribution in [0.2, 0.25) is 0 Å². The third-order valence-electron chi connectivity index (χ3n) is 4.94. The Morgan fingerprint density at radius 2 is 1.89 bits per heavy atom. The first-order chi connectivity index (χ1) is 12.9. The fourth-order valence-electron chi connectivity index (χ4n) is 3.32. The highest BCUT2D eigenvalue weighted by atomic mass is 16.5. The molecule has 0 bridgehead atoms. The highest BCUT2D eigenvalue weighted by Gasteiger charge is 2.25. The Balaban J connectivity index is 1.98. The van der Waals surface area contributed by atoms with Gasteiger partial charge < -0.3 is 19.5 Å². The lowest BCUT2D eigenvalue weighted by molar-refractivity contribution is -0.137. The Morgan fingerprint density at radius 1 is 1.19 bits per heavy atom. The zero-order chi connectivity index (χ0) is 19.8. The van der Waals surface area contributed by atoms with Crippen LogP contribution in [0.4, 0.5) is 0 Å². The molecule has 0 saturated heterocycles. The van der Waals surface area contributed by atoms with Gasteiger partial charge in [0.05, 0.1) is 25.9 Å². The highest BCUT2D eigenvalue weighted by Crippen LogP contribution is 2.31. The molecule has 0 spiro atoms. The SMILES string of the molecule is CCC(OC1CCCC1)C(=O)NC(C)c1ccc(OCC(C)C)c(OC)c1. The minimum absolute atomic E-state index is 0.0454. The summed E-state index contributed by atoms with van der Waals surface area (Å²) in [6.07, 6.45) is 5.05. The third kappa shape index (κ3) is 6.42. The second-order valence-electron chi connectivity index (χ2n) is 7.78. The molecule has 5 heteroatoms. The first-order valence-corrected chi connectivity index (χ1v) is 10.2. The van der Waals surface area contributed by atoms with Crippen molar-refractivity contribution in [2.75, 3.05) is 13.7 Å². The van der Waals surface area contributed by atoms with Crippen molar-refractivity contribution in [2.45, 2.75) is 78.0 Å². The van der Waals surface area contributed by atoms with Crippen molar-refractivity contribution in [1.82, 2.24) is 5.32 Å². The van der Waals surface area contributed by atoms with E-state index in [1.807, 2.05) is 32.0 Å². The lowest BCUT2D eigenvalue weighted by atomic mass is 10.1. The van der Waals surface area contributed by atoms with Crippen LogP contribution in [0.1, 0.15) is 71.4 Å². The van der Waals surface area contributed by atoms with E-state index in [0.29, 0.717) is 24.7 Å². The summed E-state index contributed by atoms with van der Waals surface area (Å²) in [5, 5.41) is 3.08. The van der Waals surface area contributed by atoms with Crippen molar-refractivity contribution >= 4 is 5.91 Å². The molecule has 1 aromatic rings. The number of methoxy groups -OCH3 is 1. The lowest BCUT2D eigenvalue weighted by Gasteiger charge is -2.23. The van der Waals surface area contributed by atoms with Gasteiger partial charge in [0.2, 0.25) is 5.91 Å². The summed E-state index contributed by atoms with van der Waals surface area (Å²) in [5.74, 6) is 1.81. The van der Waals surface area contributed by atoms with Gasteiger partial charge in [-0.2, -0.15) is 0 Å². The van der Waals surface area contributed by atoms with Crippen LogP contribution < -0.4 is 14.8 Å². The van der Waals surface area contributed by atoms with Gasteiger partial charge in [-0.3, -0.25) is 4.79 Å². The molecule has 1 aliphatic rings. The summed E-state index contributed by atoms with van der Waals surface area (Å²) in [6, 6.07) is 5.68. The van der Waals surface area contributed by atoms with Crippen LogP contribution in [0, 0.1) is 5.92 Å². The summed E-state index contributed by atoms with van der Waals surface area (Å²) >= 11 is 0. The zero-order valence-electron chi connectivity index (χ0n) is 17.4. The molecular formula is C22H35NO4. The summed E-state index contributed by atoms with van der Waals surface area (Å²) in [4.78, 5) is 12.7. The zero-order valence-corrected chi connectivity index (χ0v) is 17.4. The molecule has 1 amide bonds. The van der Waals surface area contributed by atoms with E-state index in [9.17, 15) is 4.79 Å². The maximum atomic E-state index is 12.7. The number of amides is 1. The van der Waals surface area contributed by atoms with Gasteiger partial charge in [-0.1, -0.05) is 39.7 Å². The van der Waals surface area contributed by atoms with Crippen molar-refractivity contribution in [3.05, 3.63) is 23.8 Å². The van der Waals surface area contributed by atoms with Gasteiger partial charge in [0.15, 0.2) is 11.5 Å². The van der Waals surface area contributed by atoms with Gasteiger partial charge in [0, 0.05) is 0 Å². The standard InChI is InChI=1S/C22H35NO4/c1-6-19(27-18-9-7-8-10-18)22(24)23-16(4)17-11-12-20(21(13-17)25-5)26-14-15(2)3/h11-13,15-16,18-19H,6-10,14H2,1-5H3,(H,23,24). The molecule has 2 atom stereocenters. The Bertz CT molecular complexity index is 596. The second kappa shape index (κ2) is 10.5. The number of hydrogen-bond donors (Lipinski definition) is 1. The van der Waals surface area contributed by atoms with E-state index in [1.54, 1.807) is 7.11 Å². The van der Waals surface area contributed by atoms with Gasteiger partial charge in [0.25, 0.3) is 0 Å². The van der Waals surface area contributed by atoms with E-state index >= 15 is 0 Å². The molecule has 5 nitrogen and oxygen atoms in total. The van der Waals surface area contributed by atoms with E-state index in [-0.39, 0.29) is 24.2 Å². The van der Waals surface area contributed by atoms with Gasteiger partial charge >= 0.3 is 0 Å². The lowest BCUT2D eigenvalue weighted by Crippen LogP contribution is -2.39. The van der Waals surface area contributed by atoms with Crippen molar-refractivity contribution in [3.8, 4) is 11.5 Å². The maximum absolute atomic E-state index is 12.7. The fraction of sp³-hybridized carbons (Fsp3) is 0.682. The highest BCUT2D eigenvalue weighted by molar-refractivity contribution is 5.81. The number of hydrogen-bond acceptors (Lipinski definition) is 4. The van der Waals surface area contributed by atoms with E-state index in [0.717, 1.165) is 24.2 Å². The molecular weight excluding hydrogens is 342 g/mol. The number of benzene rings is 1. The molecule has 2 rings (SSSR count). The van der Waals surface area contributed by atoms with Crippen LogP contribution in [0.15, 0.2) is 18.2 Å². The van der Waals surface area contributed by atoms with Crippen molar-refractivity contribution in [3.63, 3.8) is 0 Å². The van der Waals surface area contributed by atoms with E-state index in [4.69, 9.17) is 14.2 Å².